The smallest absolute Gasteiger partial charge is 0.185 e. The molecule has 1 aliphatic carbocycles. The van der Waals surface area contributed by atoms with E-state index >= 15 is 0 Å². The Morgan fingerprint density at radius 2 is 2.06 bits per heavy atom. The molecule has 3 nitrogen and oxygen atoms in total. The zero-order valence-electron chi connectivity index (χ0n) is 11.4. The normalized spacial score (nSPS) is 26.9. The van der Waals surface area contributed by atoms with Crippen molar-refractivity contribution in [2.75, 3.05) is 25.0 Å². The van der Waals surface area contributed by atoms with Crippen molar-refractivity contribution in [2.45, 2.75) is 39.2 Å². The maximum atomic E-state index is 4.86. The summed E-state index contributed by atoms with van der Waals surface area (Å²) in [5, 5.41) is 4.52. The number of aromatic nitrogens is 1. The SMILES string of the molecule is CCc1nc(N2CC3CCCC3C2)sc1CNC. The van der Waals surface area contributed by atoms with Gasteiger partial charge in [-0.3, -0.25) is 0 Å². The van der Waals surface area contributed by atoms with E-state index in [1.54, 1.807) is 0 Å². The van der Waals surface area contributed by atoms with Gasteiger partial charge in [-0.05, 0) is 38.1 Å². The summed E-state index contributed by atoms with van der Waals surface area (Å²) >= 11 is 1.90. The zero-order valence-corrected chi connectivity index (χ0v) is 12.2. The highest BCUT2D eigenvalue weighted by atomic mass is 32.1. The minimum atomic E-state index is 0.951. The van der Waals surface area contributed by atoms with Gasteiger partial charge in [-0.25, -0.2) is 4.98 Å². The van der Waals surface area contributed by atoms with Gasteiger partial charge in [0.25, 0.3) is 0 Å². The third kappa shape index (κ3) is 2.16. The standard InChI is InChI=1S/C14H23N3S/c1-3-12-13(7-15-2)18-14(16-12)17-8-10-5-4-6-11(10)9-17/h10-11,15H,3-9H2,1-2H3. The average molecular weight is 265 g/mol. The van der Waals surface area contributed by atoms with E-state index in [1.807, 2.05) is 18.4 Å². The molecule has 0 radical (unpaired) electrons. The lowest BCUT2D eigenvalue weighted by Gasteiger charge is -2.15. The van der Waals surface area contributed by atoms with Gasteiger partial charge < -0.3 is 10.2 Å². The fourth-order valence-corrected chi connectivity index (χ4v) is 4.65. The number of nitrogens with one attached hydrogen (secondary N) is 1. The van der Waals surface area contributed by atoms with Crippen LogP contribution in [0.2, 0.25) is 0 Å². The van der Waals surface area contributed by atoms with Gasteiger partial charge in [0, 0.05) is 24.5 Å². The van der Waals surface area contributed by atoms with Gasteiger partial charge in [-0.2, -0.15) is 0 Å². The van der Waals surface area contributed by atoms with E-state index in [-0.39, 0.29) is 0 Å². The van der Waals surface area contributed by atoms with Crippen molar-refractivity contribution >= 4 is 16.5 Å². The van der Waals surface area contributed by atoms with E-state index in [9.17, 15) is 0 Å². The maximum absolute atomic E-state index is 4.86. The molecule has 1 saturated heterocycles. The van der Waals surface area contributed by atoms with Gasteiger partial charge in [0.1, 0.15) is 0 Å². The number of hydrogen-bond donors (Lipinski definition) is 1. The van der Waals surface area contributed by atoms with Crippen LogP contribution in [0.25, 0.3) is 0 Å². The highest BCUT2D eigenvalue weighted by Crippen LogP contribution is 2.40. The molecule has 2 fully saturated rings. The Balaban J connectivity index is 1.76. The topological polar surface area (TPSA) is 28.2 Å². The first kappa shape index (κ1) is 12.4. The molecule has 2 aliphatic rings. The Morgan fingerprint density at radius 3 is 2.67 bits per heavy atom. The van der Waals surface area contributed by atoms with E-state index < -0.39 is 0 Å². The van der Waals surface area contributed by atoms with E-state index in [2.05, 4.69) is 17.1 Å². The summed E-state index contributed by atoms with van der Waals surface area (Å²) in [5.41, 5.74) is 1.29. The predicted molar refractivity (Wildman–Crippen MR) is 77.3 cm³/mol. The molecule has 100 valence electrons. The molecular weight excluding hydrogens is 242 g/mol. The lowest BCUT2D eigenvalue weighted by atomic mass is 10.0. The van der Waals surface area contributed by atoms with Crippen LogP contribution in [0.15, 0.2) is 0 Å². The molecule has 1 N–H and O–H groups in total. The number of fused-ring (bicyclic) bond motifs is 1. The lowest BCUT2D eigenvalue weighted by molar-refractivity contribution is 0.494. The van der Waals surface area contributed by atoms with Crippen molar-refractivity contribution in [3.8, 4) is 0 Å². The van der Waals surface area contributed by atoms with Crippen LogP contribution in [0.5, 0.6) is 0 Å². The first-order chi connectivity index (χ1) is 8.81. The third-order valence-electron chi connectivity index (χ3n) is 4.44. The zero-order chi connectivity index (χ0) is 12.5. The minimum absolute atomic E-state index is 0.951. The summed E-state index contributed by atoms with van der Waals surface area (Å²) in [5.74, 6) is 1.90. The van der Waals surface area contributed by atoms with Crippen LogP contribution in [-0.4, -0.2) is 25.1 Å². The van der Waals surface area contributed by atoms with Crippen molar-refractivity contribution in [3.05, 3.63) is 10.6 Å². The summed E-state index contributed by atoms with van der Waals surface area (Å²) in [6.07, 6.45) is 5.38. The summed E-state index contributed by atoms with van der Waals surface area (Å²) in [6, 6.07) is 0. The second-order valence-electron chi connectivity index (χ2n) is 5.61. The minimum Gasteiger partial charge on any atom is -0.348 e. The molecule has 1 saturated carbocycles. The Kier molecular flexibility index (Phi) is 3.57. The number of hydrogen-bond acceptors (Lipinski definition) is 4. The van der Waals surface area contributed by atoms with Gasteiger partial charge in [-0.1, -0.05) is 13.3 Å². The fourth-order valence-electron chi connectivity index (χ4n) is 3.47. The summed E-state index contributed by atoms with van der Waals surface area (Å²) in [7, 11) is 2.01. The Bertz CT molecular complexity index is 403. The van der Waals surface area contributed by atoms with E-state index in [1.165, 1.54) is 48.1 Å². The second-order valence-corrected chi connectivity index (χ2v) is 6.67. The van der Waals surface area contributed by atoms with Crippen molar-refractivity contribution in [1.29, 1.82) is 0 Å². The first-order valence-electron chi connectivity index (χ1n) is 7.20. The van der Waals surface area contributed by atoms with Crippen LogP contribution >= 0.6 is 11.3 Å². The first-order valence-corrected chi connectivity index (χ1v) is 8.01. The van der Waals surface area contributed by atoms with Crippen LogP contribution in [0, 0.1) is 11.8 Å². The number of anilines is 1. The molecule has 2 heterocycles. The molecule has 1 aliphatic heterocycles. The molecule has 1 aromatic rings. The molecule has 0 aromatic carbocycles. The van der Waals surface area contributed by atoms with Crippen LogP contribution in [0.3, 0.4) is 0 Å². The number of nitrogens with zero attached hydrogens (tertiary/aromatic N) is 2. The van der Waals surface area contributed by atoms with Crippen LogP contribution in [0.4, 0.5) is 5.13 Å². The highest BCUT2D eigenvalue weighted by Gasteiger charge is 2.37. The number of rotatable bonds is 4. The summed E-state index contributed by atoms with van der Waals surface area (Å²) in [4.78, 5) is 8.82. The van der Waals surface area contributed by atoms with Crippen LogP contribution in [-0.2, 0) is 13.0 Å². The third-order valence-corrected chi connectivity index (χ3v) is 5.59. The predicted octanol–water partition coefficient (Wildman–Crippen LogP) is 2.66. The monoisotopic (exact) mass is 265 g/mol. The Labute approximate surface area is 114 Å². The van der Waals surface area contributed by atoms with Crippen molar-refractivity contribution in [2.24, 2.45) is 11.8 Å². The van der Waals surface area contributed by atoms with Crippen LogP contribution < -0.4 is 10.2 Å². The van der Waals surface area contributed by atoms with Gasteiger partial charge in [0.05, 0.1) is 5.69 Å². The number of aryl methyl sites for hydroxylation is 1. The van der Waals surface area contributed by atoms with E-state index in [0.717, 1.165) is 24.8 Å². The lowest BCUT2D eigenvalue weighted by Crippen LogP contribution is -2.20. The molecule has 0 bridgehead atoms. The fraction of sp³-hybridized carbons (Fsp3) is 0.786. The van der Waals surface area contributed by atoms with Crippen molar-refractivity contribution < 1.29 is 0 Å². The Hall–Kier alpha value is -0.610. The van der Waals surface area contributed by atoms with E-state index in [0.29, 0.717) is 0 Å². The van der Waals surface area contributed by atoms with Crippen molar-refractivity contribution in [3.63, 3.8) is 0 Å². The number of thiazole rings is 1. The molecule has 3 rings (SSSR count). The summed E-state index contributed by atoms with van der Waals surface area (Å²) in [6.45, 7) is 5.67. The molecule has 2 unspecified atom stereocenters. The van der Waals surface area contributed by atoms with Gasteiger partial charge >= 0.3 is 0 Å². The average Bonchev–Trinajstić information content (AvgIpc) is 3.00. The largest absolute Gasteiger partial charge is 0.348 e. The van der Waals surface area contributed by atoms with Crippen LogP contribution in [0.1, 0.15) is 36.8 Å². The van der Waals surface area contributed by atoms with E-state index in [4.69, 9.17) is 4.98 Å². The summed E-state index contributed by atoms with van der Waals surface area (Å²) < 4.78 is 0. The van der Waals surface area contributed by atoms with Gasteiger partial charge in [0.2, 0.25) is 0 Å². The molecule has 4 heteroatoms. The molecular formula is C14H23N3S. The van der Waals surface area contributed by atoms with Gasteiger partial charge in [0.15, 0.2) is 5.13 Å². The maximum Gasteiger partial charge on any atom is 0.185 e. The molecule has 1 aromatic heterocycles. The van der Waals surface area contributed by atoms with Gasteiger partial charge in [-0.15, -0.1) is 11.3 Å². The highest BCUT2D eigenvalue weighted by molar-refractivity contribution is 7.15. The second kappa shape index (κ2) is 5.17. The molecule has 0 spiro atoms. The molecule has 2 atom stereocenters. The van der Waals surface area contributed by atoms with Crippen molar-refractivity contribution in [1.82, 2.24) is 10.3 Å². The molecule has 0 amide bonds. The Morgan fingerprint density at radius 1 is 1.33 bits per heavy atom. The quantitative estimate of drug-likeness (QED) is 0.907. The molecule has 18 heavy (non-hydrogen) atoms.